The van der Waals surface area contributed by atoms with Crippen molar-refractivity contribution >= 4 is 28.2 Å². The molecular formula is C21H27NO4S. The highest BCUT2D eigenvalue weighted by molar-refractivity contribution is 7.20. The molecule has 0 saturated heterocycles. The van der Waals surface area contributed by atoms with Crippen LogP contribution in [0, 0.1) is 11.8 Å². The Kier molecular flexibility index (Phi) is 6.05. The second kappa shape index (κ2) is 8.30. The third kappa shape index (κ3) is 4.10. The second-order valence-corrected chi connectivity index (χ2v) is 8.59. The van der Waals surface area contributed by atoms with Crippen LogP contribution < -0.4 is 4.90 Å². The lowest BCUT2D eigenvalue weighted by molar-refractivity contribution is -0.123. The number of hydrogen-bond donors (Lipinski definition) is 0. The van der Waals surface area contributed by atoms with Gasteiger partial charge in [-0.1, -0.05) is 6.92 Å². The average Bonchev–Trinajstić information content (AvgIpc) is 3.31. The fourth-order valence-electron chi connectivity index (χ4n) is 3.65. The molecule has 0 aliphatic heterocycles. The molecule has 0 bridgehead atoms. The first-order valence-electron chi connectivity index (χ1n) is 9.51. The number of carbonyl (C=O) groups is 2. The molecule has 0 aromatic carbocycles. The fraction of sp³-hybridized carbons (Fsp3) is 0.524. The first kappa shape index (κ1) is 19.7. The number of rotatable bonds is 5. The molecule has 146 valence electrons. The molecule has 1 saturated carbocycles. The van der Waals surface area contributed by atoms with E-state index in [-0.39, 0.29) is 17.9 Å². The summed E-state index contributed by atoms with van der Waals surface area (Å²) in [7, 11) is 1.36. The van der Waals surface area contributed by atoms with Crippen molar-refractivity contribution in [2.24, 2.45) is 11.8 Å². The van der Waals surface area contributed by atoms with Gasteiger partial charge < -0.3 is 14.1 Å². The number of hydrogen-bond acceptors (Lipinski definition) is 5. The van der Waals surface area contributed by atoms with E-state index in [0.29, 0.717) is 22.2 Å². The molecule has 0 spiro atoms. The van der Waals surface area contributed by atoms with E-state index in [1.54, 1.807) is 23.3 Å². The minimum absolute atomic E-state index is 0.0169. The first-order valence-corrected chi connectivity index (χ1v) is 10.3. The molecule has 0 unspecified atom stereocenters. The summed E-state index contributed by atoms with van der Waals surface area (Å²) in [5, 5.41) is 0.645. The zero-order valence-corrected chi connectivity index (χ0v) is 17.2. The molecule has 1 fully saturated rings. The summed E-state index contributed by atoms with van der Waals surface area (Å²) in [6, 6.07) is 5.36. The summed E-state index contributed by atoms with van der Waals surface area (Å²) in [5.41, 5.74) is 0.417. The number of anilines is 1. The molecule has 1 aliphatic carbocycles. The van der Waals surface area contributed by atoms with Crippen LogP contribution in [0.2, 0.25) is 0 Å². The van der Waals surface area contributed by atoms with Crippen LogP contribution in [0.25, 0.3) is 10.6 Å². The van der Waals surface area contributed by atoms with Crippen LogP contribution in [-0.4, -0.2) is 25.0 Å². The Morgan fingerprint density at radius 1 is 1.26 bits per heavy atom. The van der Waals surface area contributed by atoms with Gasteiger partial charge in [-0.3, -0.25) is 4.79 Å². The predicted octanol–water partition coefficient (Wildman–Crippen LogP) is 5.36. The minimum Gasteiger partial charge on any atom is -0.465 e. The average molecular weight is 390 g/mol. The van der Waals surface area contributed by atoms with Gasteiger partial charge in [0, 0.05) is 12.0 Å². The van der Waals surface area contributed by atoms with Gasteiger partial charge in [0.25, 0.3) is 0 Å². The topological polar surface area (TPSA) is 59.8 Å². The Balaban J connectivity index is 1.99. The molecule has 27 heavy (non-hydrogen) atoms. The van der Waals surface area contributed by atoms with Gasteiger partial charge in [0.2, 0.25) is 5.91 Å². The highest BCUT2D eigenvalue weighted by atomic mass is 32.1. The summed E-state index contributed by atoms with van der Waals surface area (Å²) >= 11 is 1.40. The second-order valence-electron chi connectivity index (χ2n) is 7.56. The molecule has 5 nitrogen and oxygen atoms in total. The summed E-state index contributed by atoms with van der Waals surface area (Å²) < 4.78 is 10.5. The van der Waals surface area contributed by atoms with Crippen molar-refractivity contribution in [3.8, 4) is 10.6 Å². The van der Waals surface area contributed by atoms with Gasteiger partial charge >= 0.3 is 5.97 Å². The van der Waals surface area contributed by atoms with Crippen molar-refractivity contribution < 1.29 is 18.7 Å². The Morgan fingerprint density at radius 2 is 1.96 bits per heavy atom. The molecule has 2 heterocycles. The van der Waals surface area contributed by atoms with E-state index in [2.05, 4.69) is 6.92 Å². The zero-order valence-electron chi connectivity index (χ0n) is 16.4. The van der Waals surface area contributed by atoms with Crippen molar-refractivity contribution in [1.29, 1.82) is 0 Å². The van der Waals surface area contributed by atoms with Crippen molar-refractivity contribution in [3.05, 3.63) is 30.0 Å². The lowest BCUT2D eigenvalue weighted by Gasteiger charge is -2.33. The van der Waals surface area contributed by atoms with Crippen molar-refractivity contribution in [2.45, 2.75) is 52.5 Å². The monoisotopic (exact) mass is 389 g/mol. The maximum Gasteiger partial charge on any atom is 0.340 e. The Labute approximate surface area is 164 Å². The largest absolute Gasteiger partial charge is 0.465 e. The number of amides is 1. The van der Waals surface area contributed by atoms with Gasteiger partial charge in [0.1, 0.15) is 10.8 Å². The maximum absolute atomic E-state index is 13.4. The van der Waals surface area contributed by atoms with Crippen LogP contribution in [0.1, 0.15) is 56.8 Å². The Morgan fingerprint density at radius 3 is 2.52 bits per heavy atom. The molecule has 0 atom stereocenters. The summed E-state index contributed by atoms with van der Waals surface area (Å²) in [6.45, 7) is 6.21. The van der Waals surface area contributed by atoms with Gasteiger partial charge in [-0.25, -0.2) is 4.79 Å². The molecule has 2 aromatic rings. The molecular weight excluding hydrogens is 362 g/mol. The van der Waals surface area contributed by atoms with E-state index in [1.807, 2.05) is 19.9 Å². The molecule has 0 N–H and O–H groups in total. The smallest absolute Gasteiger partial charge is 0.340 e. The molecule has 1 amide bonds. The first-order chi connectivity index (χ1) is 12.9. The molecule has 0 radical (unpaired) electrons. The SMILES string of the molecule is COC(=O)c1cc(-c2ccco2)sc1N(C(=O)[C@H]1CC[C@H](C)CC1)C(C)C. The third-order valence-corrected chi connectivity index (χ3v) is 6.37. The highest BCUT2D eigenvalue weighted by Crippen LogP contribution is 2.41. The third-order valence-electron chi connectivity index (χ3n) is 5.22. The lowest BCUT2D eigenvalue weighted by Crippen LogP contribution is -2.42. The summed E-state index contributed by atoms with van der Waals surface area (Å²) in [6.07, 6.45) is 5.57. The number of ether oxygens (including phenoxy) is 1. The predicted molar refractivity (Wildman–Crippen MR) is 107 cm³/mol. The van der Waals surface area contributed by atoms with E-state index >= 15 is 0 Å². The standard InChI is InChI=1S/C21H27NO4S/c1-13(2)22(19(23)15-9-7-14(3)8-10-15)20-16(21(24)25-4)12-18(27-20)17-6-5-11-26-17/h5-6,11-15H,7-10H2,1-4H3/t14-,15-. The van der Waals surface area contributed by atoms with Crippen molar-refractivity contribution in [2.75, 3.05) is 12.0 Å². The van der Waals surface area contributed by atoms with Crippen molar-refractivity contribution in [3.63, 3.8) is 0 Å². The number of methoxy groups -OCH3 is 1. The molecule has 1 aliphatic rings. The lowest BCUT2D eigenvalue weighted by atomic mass is 9.82. The number of thiophene rings is 1. The van der Waals surface area contributed by atoms with Gasteiger partial charge in [-0.05, 0) is 63.6 Å². The number of nitrogens with zero attached hydrogens (tertiary/aromatic N) is 1. The van der Waals surface area contributed by atoms with Crippen LogP contribution in [0.4, 0.5) is 5.00 Å². The maximum atomic E-state index is 13.4. The van der Waals surface area contributed by atoms with Crippen molar-refractivity contribution in [1.82, 2.24) is 0 Å². The van der Waals surface area contributed by atoms with Gasteiger partial charge in [0.05, 0.1) is 23.8 Å². The van der Waals surface area contributed by atoms with E-state index < -0.39 is 5.97 Å². The van der Waals surface area contributed by atoms with Crippen LogP contribution in [-0.2, 0) is 9.53 Å². The zero-order chi connectivity index (χ0) is 19.6. The van der Waals surface area contributed by atoms with Gasteiger partial charge in [0.15, 0.2) is 0 Å². The van der Waals surface area contributed by atoms with Crippen LogP contribution in [0.3, 0.4) is 0 Å². The minimum atomic E-state index is -0.435. The highest BCUT2D eigenvalue weighted by Gasteiger charge is 2.34. The van der Waals surface area contributed by atoms with E-state index in [1.165, 1.54) is 18.4 Å². The van der Waals surface area contributed by atoms with Gasteiger partial charge in [-0.15, -0.1) is 11.3 Å². The van der Waals surface area contributed by atoms with Crippen LogP contribution >= 0.6 is 11.3 Å². The van der Waals surface area contributed by atoms with E-state index in [0.717, 1.165) is 30.6 Å². The Hall–Kier alpha value is -2.08. The molecule has 3 rings (SSSR count). The van der Waals surface area contributed by atoms with E-state index in [9.17, 15) is 9.59 Å². The number of esters is 1. The summed E-state index contributed by atoms with van der Waals surface area (Å²) in [5.74, 6) is 1.05. The van der Waals surface area contributed by atoms with Crippen LogP contribution in [0.15, 0.2) is 28.9 Å². The quantitative estimate of drug-likeness (QED) is 0.646. The Bertz CT molecular complexity index is 785. The normalized spacial score (nSPS) is 19.9. The van der Waals surface area contributed by atoms with E-state index in [4.69, 9.17) is 9.15 Å². The van der Waals surface area contributed by atoms with Gasteiger partial charge in [-0.2, -0.15) is 0 Å². The number of furan rings is 1. The van der Waals surface area contributed by atoms with Crippen LogP contribution in [0.5, 0.6) is 0 Å². The molecule has 6 heteroatoms. The number of carbonyl (C=O) groups excluding carboxylic acids is 2. The fourth-order valence-corrected chi connectivity index (χ4v) is 4.90. The molecule has 2 aromatic heterocycles. The summed E-state index contributed by atoms with van der Waals surface area (Å²) in [4.78, 5) is 28.4.